The highest BCUT2D eigenvalue weighted by Crippen LogP contribution is 1.99. The largest absolute Gasteiger partial charge is 0.464 e. The predicted octanol–water partition coefficient (Wildman–Crippen LogP) is -1.55. The predicted molar refractivity (Wildman–Crippen MR) is 73.7 cm³/mol. The highest BCUT2D eigenvalue weighted by atomic mass is 32.2. The Morgan fingerprint density at radius 3 is 1.71 bits per heavy atom. The van der Waals surface area contributed by atoms with Crippen LogP contribution >= 0.6 is 0 Å². The van der Waals surface area contributed by atoms with Crippen LogP contribution in [0.1, 0.15) is 13.8 Å². The summed E-state index contributed by atoms with van der Waals surface area (Å²) in [6, 6.07) is -1.85. The van der Waals surface area contributed by atoms with Crippen LogP contribution in [0.5, 0.6) is 0 Å². The first-order valence-corrected chi connectivity index (χ1v) is 9.74. The van der Waals surface area contributed by atoms with E-state index in [0.717, 1.165) is 6.26 Å². The Kier molecular flexibility index (Phi) is 7.82. The van der Waals surface area contributed by atoms with Crippen LogP contribution in [0.2, 0.25) is 0 Å². The molecule has 124 valence electrons. The van der Waals surface area contributed by atoms with Crippen molar-refractivity contribution in [3.8, 4) is 0 Å². The summed E-state index contributed by atoms with van der Waals surface area (Å²) in [5, 5.41) is 0. The molecule has 0 saturated carbocycles. The van der Waals surface area contributed by atoms with Crippen LogP contribution in [-0.2, 0) is 38.9 Å². The van der Waals surface area contributed by atoms with Gasteiger partial charge in [-0.1, -0.05) is 0 Å². The molecule has 0 rings (SSSR count). The molecule has 0 unspecified atom stereocenters. The molecule has 0 aromatic heterocycles. The van der Waals surface area contributed by atoms with E-state index >= 15 is 0 Å². The zero-order valence-corrected chi connectivity index (χ0v) is 13.6. The standard InChI is InChI=1S/C10H19NO8S2/c1-4-18-9(12)8(10(13)19-5-2)11-21(16,17)7-6-20(3,14)15/h8,11H,4-7H2,1-3H3. The number of sulfone groups is 1. The molecule has 0 saturated heterocycles. The first-order chi connectivity index (χ1) is 9.52. The van der Waals surface area contributed by atoms with E-state index in [-0.39, 0.29) is 13.2 Å². The first kappa shape index (κ1) is 19.8. The third-order valence-corrected chi connectivity index (χ3v) is 4.61. The average Bonchev–Trinajstić information content (AvgIpc) is 2.33. The number of ether oxygens (including phenoxy) is 2. The number of hydrogen-bond donors (Lipinski definition) is 1. The summed E-state index contributed by atoms with van der Waals surface area (Å²) in [5.41, 5.74) is 0. The first-order valence-electron chi connectivity index (χ1n) is 6.03. The number of rotatable bonds is 9. The van der Waals surface area contributed by atoms with E-state index in [4.69, 9.17) is 0 Å². The summed E-state index contributed by atoms with van der Waals surface area (Å²) < 4.78 is 56.3. The maximum Gasteiger partial charge on any atom is 0.335 e. The van der Waals surface area contributed by atoms with Gasteiger partial charge in [0.15, 0.2) is 0 Å². The van der Waals surface area contributed by atoms with E-state index in [1.165, 1.54) is 13.8 Å². The van der Waals surface area contributed by atoms with Crippen molar-refractivity contribution >= 4 is 31.8 Å². The molecule has 0 aromatic rings. The Bertz CT molecular complexity index is 548. The van der Waals surface area contributed by atoms with Gasteiger partial charge in [0.1, 0.15) is 9.84 Å². The van der Waals surface area contributed by atoms with E-state index in [1.807, 2.05) is 0 Å². The van der Waals surface area contributed by atoms with Gasteiger partial charge in [-0.2, -0.15) is 4.72 Å². The Labute approximate surface area is 124 Å². The molecule has 0 fully saturated rings. The molecule has 0 bridgehead atoms. The fourth-order valence-electron chi connectivity index (χ4n) is 1.14. The van der Waals surface area contributed by atoms with Crippen molar-refractivity contribution in [2.45, 2.75) is 19.9 Å². The minimum absolute atomic E-state index is 0.0557. The van der Waals surface area contributed by atoms with Crippen LogP contribution in [0.25, 0.3) is 0 Å². The quantitative estimate of drug-likeness (QED) is 0.392. The Morgan fingerprint density at radius 1 is 0.952 bits per heavy atom. The lowest BCUT2D eigenvalue weighted by molar-refractivity contribution is -0.157. The molecule has 0 amide bonds. The van der Waals surface area contributed by atoms with Crippen LogP contribution in [0, 0.1) is 0 Å². The summed E-state index contributed by atoms with van der Waals surface area (Å²) in [6.45, 7) is 2.86. The van der Waals surface area contributed by atoms with Gasteiger partial charge in [0.05, 0.1) is 24.7 Å². The molecule has 21 heavy (non-hydrogen) atoms. The van der Waals surface area contributed by atoms with Gasteiger partial charge < -0.3 is 9.47 Å². The molecule has 0 spiro atoms. The zero-order chi connectivity index (χ0) is 16.7. The monoisotopic (exact) mass is 345 g/mol. The normalized spacial score (nSPS) is 12.2. The molecular weight excluding hydrogens is 326 g/mol. The highest BCUT2D eigenvalue weighted by molar-refractivity contribution is 7.93. The van der Waals surface area contributed by atoms with Crippen molar-refractivity contribution in [2.75, 3.05) is 31.0 Å². The van der Waals surface area contributed by atoms with Crippen molar-refractivity contribution in [1.29, 1.82) is 0 Å². The molecule has 0 radical (unpaired) electrons. The van der Waals surface area contributed by atoms with Crippen LogP contribution in [0.3, 0.4) is 0 Å². The van der Waals surface area contributed by atoms with Crippen LogP contribution in [0.15, 0.2) is 0 Å². The number of hydrogen-bond acceptors (Lipinski definition) is 8. The summed E-state index contributed by atoms with van der Waals surface area (Å²) in [5.74, 6) is -3.64. The van der Waals surface area contributed by atoms with Gasteiger partial charge in [-0.3, -0.25) is 0 Å². The van der Waals surface area contributed by atoms with Gasteiger partial charge in [-0.25, -0.2) is 26.4 Å². The minimum atomic E-state index is -4.17. The van der Waals surface area contributed by atoms with E-state index in [0.29, 0.717) is 0 Å². The van der Waals surface area contributed by atoms with E-state index in [9.17, 15) is 26.4 Å². The van der Waals surface area contributed by atoms with Crippen molar-refractivity contribution in [3.63, 3.8) is 0 Å². The second kappa shape index (κ2) is 8.29. The lowest BCUT2D eigenvalue weighted by Crippen LogP contribution is -2.49. The zero-order valence-electron chi connectivity index (χ0n) is 12.0. The van der Waals surface area contributed by atoms with Gasteiger partial charge in [-0.15, -0.1) is 0 Å². The number of esters is 2. The summed E-state index contributed by atoms with van der Waals surface area (Å²) in [6.07, 6.45) is 0.872. The average molecular weight is 345 g/mol. The van der Waals surface area contributed by atoms with E-state index in [2.05, 4.69) is 9.47 Å². The summed E-state index contributed by atoms with van der Waals surface area (Å²) in [7, 11) is -7.68. The third-order valence-electron chi connectivity index (χ3n) is 2.06. The van der Waals surface area contributed by atoms with Gasteiger partial charge in [0.25, 0.3) is 0 Å². The molecule has 9 nitrogen and oxygen atoms in total. The topological polar surface area (TPSA) is 133 Å². The number of carbonyl (C=O) groups is 2. The second-order valence-corrected chi connectivity index (χ2v) is 8.14. The Morgan fingerprint density at radius 2 is 1.38 bits per heavy atom. The van der Waals surface area contributed by atoms with Crippen LogP contribution in [0.4, 0.5) is 0 Å². The number of sulfonamides is 1. The lowest BCUT2D eigenvalue weighted by Gasteiger charge is -2.15. The fraction of sp³-hybridized carbons (Fsp3) is 0.800. The maximum atomic E-state index is 11.7. The van der Waals surface area contributed by atoms with Gasteiger partial charge in [0.2, 0.25) is 16.1 Å². The molecule has 0 aliphatic rings. The molecule has 0 aromatic carbocycles. The smallest absolute Gasteiger partial charge is 0.335 e. The molecule has 0 atom stereocenters. The Balaban J connectivity index is 5.02. The number of carbonyl (C=O) groups excluding carboxylic acids is 2. The summed E-state index contributed by atoms with van der Waals surface area (Å²) >= 11 is 0. The maximum absolute atomic E-state index is 11.7. The van der Waals surface area contributed by atoms with Gasteiger partial charge in [-0.05, 0) is 13.8 Å². The van der Waals surface area contributed by atoms with Crippen molar-refractivity contribution in [3.05, 3.63) is 0 Å². The fourth-order valence-corrected chi connectivity index (χ4v) is 3.90. The van der Waals surface area contributed by atoms with E-state index in [1.54, 1.807) is 4.72 Å². The molecule has 0 aliphatic heterocycles. The van der Waals surface area contributed by atoms with Crippen molar-refractivity contribution < 1.29 is 35.9 Å². The Hall–Kier alpha value is -1.20. The molecule has 1 N–H and O–H groups in total. The summed E-state index contributed by atoms with van der Waals surface area (Å²) in [4.78, 5) is 23.1. The lowest BCUT2D eigenvalue weighted by atomic mass is 10.3. The van der Waals surface area contributed by atoms with Crippen LogP contribution < -0.4 is 4.72 Å². The van der Waals surface area contributed by atoms with E-state index < -0.39 is 49.3 Å². The number of nitrogens with one attached hydrogen (secondary N) is 1. The van der Waals surface area contributed by atoms with Gasteiger partial charge in [0, 0.05) is 6.26 Å². The molecule has 11 heteroatoms. The molecule has 0 heterocycles. The van der Waals surface area contributed by atoms with Crippen molar-refractivity contribution in [1.82, 2.24) is 4.72 Å². The van der Waals surface area contributed by atoms with Crippen LogP contribution in [-0.4, -0.2) is 65.8 Å². The molecular formula is C10H19NO8S2. The molecule has 0 aliphatic carbocycles. The SMILES string of the molecule is CCOC(=O)C(NS(=O)(=O)CCS(C)(=O)=O)C(=O)OCC. The van der Waals surface area contributed by atoms with Crippen molar-refractivity contribution in [2.24, 2.45) is 0 Å². The highest BCUT2D eigenvalue weighted by Gasteiger charge is 2.33. The minimum Gasteiger partial charge on any atom is -0.464 e. The van der Waals surface area contributed by atoms with Gasteiger partial charge >= 0.3 is 11.9 Å². The second-order valence-electron chi connectivity index (χ2n) is 4.00. The third kappa shape index (κ3) is 8.63.